The second kappa shape index (κ2) is 9.62. The Bertz CT molecular complexity index is 751. The van der Waals surface area contributed by atoms with Crippen molar-refractivity contribution in [2.45, 2.75) is 58.1 Å². The fraction of sp³-hybridized carbons (Fsp3) is 0.647. The van der Waals surface area contributed by atoms with E-state index < -0.39 is 42.1 Å². The largest absolute Gasteiger partial charge is 0.460 e. The van der Waals surface area contributed by atoms with Gasteiger partial charge < -0.3 is 19.9 Å². The zero-order valence-electron chi connectivity index (χ0n) is 16.0. The predicted molar refractivity (Wildman–Crippen MR) is 96.4 cm³/mol. The quantitative estimate of drug-likeness (QED) is 0.408. The molecule has 4 atom stereocenters. The highest BCUT2D eigenvalue weighted by molar-refractivity contribution is 5.81. The first kappa shape index (κ1) is 21.8. The molecule has 11 heteroatoms. The standard InChI is InChI=1S/C17H26N4O7/c1-9(2)14(18)16(23)27-10(3)15(22)26-8-11-4-5-13(28-11)21-7-6-12(20-25)19-17(21)24/h6-7,9-11,13-14,25H,4-5,8,18H2,1-3H3,(H,19,20,24). The van der Waals surface area contributed by atoms with Crippen molar-refractivity contribution in [3.63, 3.8) is 0 Å². The van der Waals surface area contributed by atoms with Gasteiger partial charge in [0.25, 0.3) is 0 Å². The second-order valence-corrected chi connectivity index (χ2v) is 6.88. The zero-order valence-corrected chi connectivity index (χ0v) is 16.0. The molecule has 4 unspecified atom stereocenters. The minimum absolute atomic E-state index is 0.0328. The summed E-state index contributed by atoms with van der Waals surface area (Å²) in [5.41, 5.74) is 6.90. The van der Waals surface area contributed by atoms with E-state index >= 15 is 0 Å². The third-order valence-electron chi connectivity index (χ3n) is 4.37. The lowest BCUT2D eigenvalue weighted by Crippen LogP contribution is -2.40. The number of anilines is 1. The lowest BCUT2D eigenvalue weighted by molar-refractivity contribution is -0.170. The van der Waals surface area contributed by atoms with E-state index in [4.69, 9.17) is 25.2 Å². The maximum Gasteiger partial charge on any atom is 0.351 e. The second-order valence-electron chi connectivity index (χ2n) is 6.88. The number of nitrogens with zero attached hydrogens (tertiary/aromatic N) is 2. The fourth-order valence-electron chi connectivity index (χ4n) is 2.57. The Kier molecular flexibility index (Phi) is 7.49. The van der Waals surface area contributed by atoms with Gasteiger partial charge in [0.2, 0.25) is 0 Å². The van der Waals surface area contributed by atoms with E-state index in [-0.39, 0.29) is 18.3 Å². The first-order valence-corrected chi connectivity index (χ1v) is 9.00. The topological polar surface area (TPSA) is 155 Å². The lowest BCUT2D eigenvalue weighted by atomic mass is 10.1. The number of ether oxygens (including phenoxy) is 3. The molecule has 1 saturated heterocycles. The SMILES string of the molecule is CC(OC(=O)C(N)C(C)C)C(=O)OCC1CCC(n2ccc(NO)nc2=O)O1. The Morgan fingerprint density at radius 2 is 2.11 bits per heavy atom. The van der Waals surface area contributed by atoms with Crippen LogP contribution in [0.15, 0.2) is 17.1 Å². The van der Waals surface area contributed by atoms with Gasteiger partial charge in [-0.1, -0.05) is 13.8 Å². The van der Waals surface area contributed by atoms with Crippen molar-refractivity contribution in [1.29, 1.82) is 0 Å². The molecule has 0 amide bonds. The molecular weight excluding hydrogens is 372 g/mol. The number of aromatic nitrogens is 2. The molecule has 0 spiro atoms. The average Bonchev–Trinajstić information content (AvgIpc) is 3.13. The van der Waals surface area contributed by atoms with Crippen molar-refractivity contribution in [3.05, 3.63) is 22.7 Å². The Labute approximate surface area is 161 Å². The third-order valence-corrected chi connectivity index (χ3v) is 4.37. The summed E-state index contributed by atoms with van der Waals surface area (Å²) >= 11 is 0. The molecule has 0 saturated carbocycles. The van der Waals surface area contributed by atoms with Crippen molar-refractivity contribution >= 4 is 17.8 Å². The Balaban J connectivity index is 1.82. The highest BCUT2D eigenvalue weighted by Crippen LogP contribution is 2.27. The molecule has 1 aromatic rings. The number of hydrogen-bond donors (Lipinski definition) is 3. The molecule has 1 fully saturated rings. The van der Waals surface area contributed by atoms with Crippen molar-refractivity contribution < 1.29 is 29.0 Å². The molecular formula is C17H26N4O7. The maximum absolute atomic E-state index is 12.0. The fourth-order valence-corrected chi connectivity index (χ4v) is 2.57. The van der Waals surface area contributed by atoms with Crippen LogP contribution in [0.3, 0.4) is 0 Å². The lowest BCUT2D eigenvalue weighted by Gasteiger charge is -2.19. The van der Waals surface area contributed by atoms with Gasteiger partial charge in [-0.3, -0.25) is 20.0 Å². The number of nitrogens with two attached hydrogens (primary N) is 1. The number of carbonyl (C=O) groups is 2. The molecule has 4 N–H and O–H groups in total. The van der Waals surface area contributed by atoms with Crippen LogP contribution < -0.4 is 16.9 Å². The van der Waals surface area contributed by atoms with Gasteiger partial charge in [-0.15, -0.1) is 0 Å². The summed E-state index contributed by atoms with van der Waals surface area (Å²) in [7, 11) is 0. The van der Waals surface area contributed by atoms with Crippen LogP contribution >= 0.6 is 0 Å². The number of rotatable bonds is 8. The summed E-state index contributed by atoms with van der Waals surface area (Å²) in [6.07, 6.45) is 0.514. The molecule has 1 aromatic heterocycles. The van der Waals surface area contributed by atoms with Gasteiger partial charge in [-0.05, 0) is 31.7 Å². The molecule has 0 aromatic carbocycles. The molecule has 2 rings (SSSR count). The maximum atomic E-state index is 12.0. The molecule has 1 aliphatic rings. The van der Waals surface area contributed by atoms with Gasteiger partial charge in [0.1, 0.15) is 18.9 Å². The minimum Gasteiger partial charge on any atom is -0.460 e. The molecule has 156 valence electrons. The molecule has 28 heavy (non-hydrogen) atoms. The van der Waals surface area contributed by atoms with Gasteiger partial charge in [0.05, 0.1) is 6.10 Å². The van der Waals surface area contributed by atoms with Crippen molar-refractivity contribution in [1.82, 2.24) is 9.55 Å². The van der Waals surface area contributed by atoms with E-state index in [2.05, 4.69) is 4.98 Å². The van der Waals surface area contributed by atoms with Crippen LogP contribution in [0.2, 0.25) is 0 Å². The van der Waals surface area contributed by atoms with Crippen LogP contribution in [0.4, 0.5) is 5.82 Å². The molecule has 1 aliphatic heterocycles. The van der Waals surface area contributed by atoms with Gasteiger partial charge >= 0.3 is 17.6 Å². The zero-order chi connectivity index (χ0) is 20.8. The van der Waals surface area contributed by atoms with E-state index in [1.807, 2.05) is 0 Å². The van der Waals surface area contributed by atoms with Crippen LogP contribution in [0.5, 0.6) is 0 Å². The Morgan fingerprint density at radius 1 is 1.39 bits per heavy atom. The molecule has 2 heterocycles. The summed E-state index contributed by atoms with van der Waals surface area (Å²) in [5, 5.41) is 8.76. The Morgan fingerprint density at radius 3 is 2.71 bits per heavy atom. The average molecular weight is 398 g/mol. The molecule has 0 radical (unpaired) electrons. The van der Waals surface area contributed by atoms with Crippen LogP contribution in [0, 0.1) is 5.92 Å². The predicted octanol–water partition coefficient (Wildman–Crippen LogP) is 0.180. The molecule has 0 bridgehead atoms. The van der Waals surface area contributed by atoms with Crippen LogP contribution in [-0.2, 0) is 23.8 Å². The van der Waals surface area contributed by atoms with Gasteiger partial charge in [-0.2, -0.15) is 4.98 Å². The highest BCUT2D eigenvalue weighted by atomic mass is 16.6. The third kappa shape index (κ3) is 5.50. The molecule has 11 nitrogen and oxygen atoms in total. The molecule has 0 aliphatic carbocycles. The summed E-state index contributed by atoms with van der Waals surface area (Å²) in [4.78, 5) is 39.4. The van der Waals surface area contributed by atoms with Gasteiger partial charge in [-0.25, -0.2) is 9.59 Å². The van der Waals surface area contributed by atoms with Crippen LogP contribution in [0.25, 0.3) is 0 Å². The van der Waals surface area contributed by atoms with E-state index in [0.717, 1.165) is 0 Å². The number of esters is 2. The van der Waals surface area contributed by atoms with Crippen molar-refractivity contribution in [2.24, 2.45) is 11.7 Å². The van der Waals surface area contributed by atoms with Crippen LogP contribution in [-0.4, -0.2) is 51.6 Å². The van der Waals surface area contributed by atoms with E-state index in [0.29, 0.717) is 12.8 Å². The van der Waals surface area contributed by atoms with Crippen molar-refractivity contribution in [2.75, 3.05) is 12.1 Å². The summed E-state index contributed by atoms with van der Waals surface area (Å²) < 4.78 is 17.2. The highest BCUT2D eigenvalue weighted by Gasteiger charge is 2.30. The van der Waals surface area contributed by atoms with E-state index in [9.17, 15) is 14.4 Å². The monoisotopic (exact) mass is 398 g/mol. The summed E-state index contributed by atoms with van der Waals surface area (Å²) in [5.74, 6) is -1.44. The van der Waals surface area contributed by atoms with Crippen LogP contribution in [0.1, 0.15) is 39.8 Å². The Hall–Kier alpha value is -2.50. The minimum atomic E-state index is -1.08. The van der Waals surface area contributed by atoms with E-state index in [1.54, 1.807) is 19.3 Å². The number of hydrogen-bond acceptors (Lipinski definition) is 10. The normalized spacial score (nSPS) is 21.2. The first-order valence-electron chi connectivity index (χ1n) is 9.00. The summed E-state index contributed by atoms with van der Waals surface area (Å²) in [6, 6.07) is 0.615. The number of carbonyl (C=O) groups excluding carboxylic acids is 2. The van der Waals surface area contributed by atoms with E-state index in [1.165, 1.54) is 23.8 Å². The first-order chi connectivity index (χ1) is 13.2. The van der Waals surface area contributed by atoms with Gasteiger partial charge in [0.15, 0.2) is 11.9 Å². The van der Waals surface area contributed by atoms with Crippen molar-refractivity contribution in [3.8, 4) is 0 Å². The number of nitrogens with one attached hydrogen (secondary N) is 1. The smallest absolute Gasteiger partial charge is 0.351 e. The summed E-state index contributed by atoms with van der Waals surface area (Å²) in [6.45, 7) is 4.93. The van der Waals surface area contributed by atoms with Gasteiger partial charge in [0, 0.05) is 6.20 Å².